The van der Waals surface area contributed by atoms with E-state index in [1.54, 1.807) is 6.07 Å². The molecule has 0 radical (unpaired) electrons. The summed E-state index contributed by atoms with van der Waals surface area (Å²) in [5, 5.41) is 5.45. The molecule has 0 spiro atoms. The molecule has 0 unspecified atom stereocenters. The summed E-state index contributed by atoms with van der Waals surface area (Å²) < 4.78 is 5.19. The largest absolute Gasteiger partial charge is 0.451 e. The van der Waals surface area contributed by atoms with E-state index in [1.807, 2.05) is 25.1 Å². The average Bonchev–Trinajstić information content (AvgIpc) is 2.65. The van der Waals surface area contributed by atoms with Crippen LogP contribution in [-0.4, -0.2) is 30.4 Å². The van der Waals surface area contributed by atoms with E-state index in [-0.39, 0.29) is 17.9 Å². The number of hydrogen-bond donors (Lipinski definition) is 2. The fourth-order valence-corrected chi connectivity index (χ4v) is 6.34. The number of carbonyl (C=O) groups excluding carboxylic acids is 3. The van der Waals surface area contributed by atoms with Crippen molar-refractivity contribution in [2.75, 3.05) is 11.9 Å². The van der Waals surface area contributed by atoms with Crippen molar-refractivity contribution < 1.29 is 19.1 Å². The van der Waals surface area contributed by atoms with Crippen LogP contribution >= 0.6 is 0 Å². The minimum absolute atomic E-state index is 0.0780. The molecule has 4 aliphatic rings. The lowest BCUT2D eigenvalue weighted by molar-refractivity contribution is -0.153. The first-order valence-electron chi connectivity index (χ1n) is 11.1. The fraction of sp³-hybridized carbons (Fsp3) is 0.625. The summed E-state index contributed by atoms with van der Waals surface area (Å²) in [4.78, 5) is 36.9. The molecule has 30 heavy (non-hydrogen) atoms. The van der Waals surface area contributed by atoms with Crippen LogP contribution in [0.1, 0.15) is 57.4 Å². The monoisotopic (exact) mass is 412 g/mol. The number of rotatable bonds is 7. The van der Waals surface area contributed by atoms with Gasteiger partial charge >= 0.3 is 5.97 Å². The topological polar surface area (TPSA) is 84.5 Å². The first-order valence-corrected chi connectivity index (χ1v) is 11.1. The van der Waals surface area contributed by atoms with Crippen LogP contribution in [0.2, 0.25) is 0 Å². The summed E-state index contributed by atoms with van der Waals surface area (Å²) in [6.45, 7) is 3.26. The normalized spacial score (nSPS) is 29.9. The maximum Gasteiger partial charge on any atom is 0.326 e. The molecule has 1 aromatic carbocycles. The van der Waals surface area contributed by atoms with Crippen LogP contribution in [-0.2, 0) is 19.1 Å². The highest BCUT2D eigenvalue weighted by atomic mass is 16.5. The molecule has 4 bridgehead atoms. The summed E-state index contributed by atoms with van der Waals surface area (Å²) in [5.41, 5.74) is 1.83. The number of nitrogens with one attached hydrogen (secondary N) is 2. The van der Waals surface area contributed by atoms with Gasteiger partial charge in [0.2, 0.25) is 5.91 Å². The van der Waals surface area contributed by atoms with E-state index >= 15 is 0 Å². The van der Waals surface area contributed by atoms with Crippen molar-refractivity contribution in [3.05, 3.63) is 29.8 Å². The van der Waals surface area contributed by atoms with E-state index in [2.05, 4.69) is 10.6 Å². The average molecular weight is 413 g/mol. The van der Waals surface area contributed by atoms with E-state index < -0.39 is 18.0 Å². The number of ether oxygens (including phenoxy) is 1. The highest BCUT2D eigenvalue weighted by molar-refractivity contribution is 5.95. The quantitative estimate of drug-likeness (QED) is 0.671. The second-order valence-corrected chi connectivity index (χ2v) is 9.86. The van der Waals surface area contributed by atoms with Gasteiger partial charge in [-0.3, -0.25) is 14.4 Å². The zero-order chi connectivity index (χ0) is 21.3. The SMILES string of the molecule is Cc1cccc(NC(=O)[C@H](C)OC(=O)CNC(=O)CC23CC4CC(CC(C4)C2)C3)c1. The van der Waals surface area contributed by atoms with Crippen molar-refractivity contribution in [3.8, 4) is 0 Å². The van der Waals surface area contributed by atoms with Crippen LogP contribution in [0, 0.1) is 30.1 Å². The maximum absolute atomic E-state index is 12.5. The van der Waals surface area contributed by atoms with Gasteiger partial charge in [-0.2, -0.15) is 0 Å². The molecular formula is C24H32N2O4. The minimum atomic E-state index is -0.932. The third-order valence-electron chi connectivity index (χ3n) is 7.09. The van der Waals surface area contributed by atoms with Gasteiger partial charge < -0.3 is 15.4 Å². The van der Waals surface area contributed by atoms with Gasteiger partial charge in [-0.25, -0.2) is 0 Å². The van der Waals surface area contributed by atoms with Gasteiger partial charge in [0.05, 0.1) is 0 Å². The van der Waals surface area contributed by atoms with Gasteiger partial charge in [-0.05, 0) is 93.2 Å². The number of amides is 2. The molecule has 2 amide bonds. The van der Waals surface area contributed by atoms with Crippen molar-refractivity contribution >= 4 is 23.5 Å². The van der Waals surface area contributed by atoms with Gasteiger partial charge in [0.15, 0.2) is 6.10 Å². The number of benzene rings is 1. The molecule has 4 saturated carbocycles. The molecule has 162 valence electrons. The molecule has 6 nitrogen and oxygen atoms in total. The van der Waals surface area contributed by atoms with E-state index in [4.69, 9.17) is 4.74 Å². The first-order chi connectivity index (χ1) is 14.3. The van der Waals surface area contributed by atoms with Gasteiger partial charge in [0, 0.05) is 12.1 Å². The number of anilines is 1. The van der Waals surface area contributed by atoms with E-state index in [9.17, 15) is 14.4 Å². The van der Waals surface area contributed by atoms with Crippen molar-refractivity contribution in [3.63, 3.8) is 0 Å². The summed E-state index contributed by atoms with van der Waals surface area (Å²) in [6.07, 6.45) is 7.08. The third-order valence-corrected chi connectivity index (χ3v) is 7.09. The summed E-state index contributed by atoms with van der Waals surface area (Å²) in [7, 11) is 0. The minimum Gasteiger partial charge on any atom is -0.451 e. The fourth-order valence-electron chi connectivity index (χ4n) is 6.34. The molecule has 0 heterocycles. The van der Waals surface area contributed by atoms with Crippen LogP contribution in [0.15, 0.2) is 24.3 Å². The van der Waals surface area contributed by atoms with Crippen LogP contribution < -0.4 is 10.6 Å². The number of aryl methyl sites for hydroxylation is 1. The Bertz CT molecular complexity index is 799. The maximum atomic E-state index is 12.5. The lowest BCUT2D eigenvalue weighted by Gasteiger charge is -2.56. The lowest BCUT2D eigenvalue weighted by atomic mass is 9.49. The van der Waals surface area contributed by atoms with Crippen LogP contribution in [0.4, 0.5) is 5.69 Å². The first kappa shape index (κ1) is 20.9. The van der Waals surface area contributed by atoms with Crippen molar-refractivity contribution in [2.45, 2.75) is 64.9 Å². The lowest BCUT2D eigenvalue weighted by Crippen LogP contribution is -2.48. The number of esters is 1. The van der Waals surface area contributed by atoms with Gasteiger partial charge in [-0.1, -0.05) is 12.1 Å². The molecule has 1 aromatic rings. The smallest absolute Gasteiger partial charge is 0.326 e. The summed E-state index contributed by atoms with van der Waals surface area (Å²) in [6, 6.07) is 7.41. The van der Waals surface area contributed by atoms with Crippen LogP contribution in [0.25, 0.3) is 0 Å². The van der Waals surface area contributed by atoms with Gasteiger partial charge in [-0.15, -0.1) is 0 Å². The Kier molecular flexibility index (Phi) is 5.85. The molecule has 2 N–H and O–H groups in total. The van der Waals surface area contributed by atoms with Crippen molar-refractivity contribution in [1.82, 2.24) is 5.32 Å². The molecule has 4 aliphatic carbocycles. The van der Waals surface area contributed by atoms with Crippen molar-refractivity contribution in [1.29, 1.82) is 0 Å². The molecule has 1 atom stereocenters. The number of hydrogen-bond acceptors (Lipinski definition) is 4. The van der Waals surface area contributed by atoms with Crippen molar-refractivity contribution in [2.24, 2.45) is 23.2 Å². The summed E-state index contributed by atoms with van der Waals surface area (Å²) >= 11 is 0. The Balaban J connectivity index is 1.21. The van der Waals surface area contributed by atoms with Crippen LogP contribution in [0.3, 0.4) is 0 Å². The second-order valence-electron chi connectivity index (χ2n) is 9.86. The standard InChI is InChI=1S/C24H32N2O4/c1-15-4-3-5-20(6-15)26-23(29)16(2)30-22(28)14-25-21(27)13-24-10-17-7-18(11-24)9-19(8-17)12-24/h3-6,16-19H,7-14H2,1-2H3,(H,25,27)(H,26,29)/t16-,17?,18?,19?,24?/m0/s1. The predicted molar refractivity (Wildman–Crippen MR) is 114 cm³/mol. The molecule has 0 saturated heterocycles. The third kappa shape index (κ3) is 4.85. The van der Waals surface area contributed by atoms with E-state index in [0.29, 0.717) is 12.1 Å². The second kappa shape index (κ2) is 8.40. The molecule has 0 aliphatic heterocycles. The van der Waals surface area contributed by atoms with E-state index in [1.165, 1.54) is 26.2 Å². The summed E-state index contributed by atoms with van der Waals surface area (Å²) in [5.74, 6) is 1.31. The highest BCUT2D eigenvalue weighted by Crippen LogP contribution is 2.61. The zero-order valence-electron chi connectivity index (χ0n) is 17.9. The van der Waals surface area contributed by atoms with Gasteiger partial charge in [0.1, 0.15) is 6.54 Å². The Labute approximate surface area is 178 Å². The molecule has 6 heteroatoms. The van der Waals surface area contributed by atoms with Crippen LogP contribution in [0.5, 0.6) is 0 Å². The van der Waals surface area contributed by atoms with Gasteiger partial charge in [0.25, 0.3) is 5.91 Å². The Morgan fingerprint density at radius 3 is 2.33 bits per heavy atom. The highest BCUT2D eigenvalue weighted by Gasteiger charge is 2.51. The number of carbonyl (C=O) groups is 3. The molecule has 4 fully saturated rings. The predicted octanol–water partition coefficient (Wildman–Crippen LogP) is 3.59. The zero-order valence-corrected chi connectivity index (χ0v) is 17.9. The molecular weight excluding hydrogens is 380 g/mol. The van der Waals surface area contributed by atoms with E-state index in [0.717, 1.165) is 42.6 Å². The molecule has 5 rings (SSSR count). The Hall–Kier alpha value is -2.37. The molecule has 0 aromatic heterocycles. The Morgan fingerprint density at radius 2 is 1.73 bits per heavy atom. The Morgan fingerprint density at radius 1 is 1.10 bits per heavy atom.